The molecule has 0 aliphatic heterocycles. The number of aryl methyl sites for hydroxylation is 1. The number of aliphatic carboxylic acids is 1. The van der Waals surface area contributed by atoms with Gasteiger partial charge in [-0.2, -0.15) is 0 Å². The van der Waals surface area contributed by atoms with Gasteiger partial charge in [0.05, 0.1) is 0 Å². The monoisotopic (exact) mass is 311 g/mol. The third-order valence-corrected chi connectivity index (χ3v) is 2.86. The van der Waals surface area contributed by atoms with Crippen LogP contribution in [0.3, 0.4) is 0 Å². The van der Waals surface area contributed by atoms with Crippen LogP contribution in [-0.4, -0.2) is 28.8 Å². The van der Waals surface area contributed by atoms with Crippen molar-refractivity contribution in [1.82, 2.24) is 5.32 Å². The van der Waals surface area contributed by atoms with Crippen LogP contribution in [0.2, 0.25) is 0 Å². The highest BCUT2D eigenvalue weighted by Crippen LogP contribution is 2.10. The normalized spacial score (nSPS) is 12.5. The first-order chi connectivity index (χ1) is 10.2. The average molecular weight is 311 g/mol. The van der Waals surface area contributed by atoms with Crippen LogP contribution in [0.5, 0.6) is 0 Å². The number of nitrogens with one attached hydrogen (secondary N) is 1. The molecule has 0 spiro atoms. The number of benzene rings is 1. The van der Waals surface area contributed by atoms with Crippen LogP contribution in [0.25, 0.3) is 0 Å². The van der Waals surface area contributed by atoms with E-state index in [4.69, 9.17) is 9.84 Å². The number of carbonyl (C=O) groups is 2. The molecule has 1 amide bonds. The van der Waals surface area contributed by atoms with E-state index >= 15 is 0 Å². The highest BCUT2D eigenvalue weighted by molar-refractivity contribution is 5.79. The Balaban J connectivity index is 2.46. The number of hydrogen-bond donors (Lipinski definition) is 2. The van der Waals surface area contributed by atoms with Crippen LogP contribution < -0.4 is 5.32 Å². The van der Waals surface area contributed by atoms with Crippen molar-refractivity contribution >= 4 is 12.1 Å². The van der Waals surface area contributed by atoms with Gasteiger partial charge in [0.25, 0.3) is 0 Å². The number of amides is 1. The Bertz CT molecular complexity index is 508. The molecule has 0 saturated heterocycles. The van der Waals surface area contributed by atoms with Crippen molar-refractivity contribution in [2.45, 2.75) is 51.7 Å². The second kappa shape index (κ2) is 7.77. The van der Waals surface area contributed by atoms with E-state index in [1.54, 1.807) is 32.9 Å². The minimum absolute atomic E-state index is 0.270. The fourth-order valence-corrected chi connectivity index (χ4v) is 1.87. The standard InChI is InChI=1S/C16H22FNO4/c1-16(2,3)22-15(21)18-13(14(19)20)6-4-5-11-7-9-12(17)10-8-11/h7-10,13H,4-6H2,1-3H3,(H,18,21)(H,19,20). The maximum Gasteiger partial charge on any atom is 0.408 e. The molecule has 1 atom stereocenters. The predicted octanol–water partition coefficient (Wildman–Crippen LogP) is 3.13. The molecule has 22 heavy (non-hydrogen) atoms. The molecule has 0 radical (unpaired) electrons. The first-order valence-electron chi connectivity index (χ1n) is 7.14. The van der Waals surface area contributed by atoms with E-state index in [0.717, 1.165) is 5.56 Å². The molecule has 6 heteroatoms. The molecule has 0 saturated carbocycles. The van der Waals surface area contributed by atoms with E-state index in [0.29, 0.717) is 12.8 Å². The SMILES string of the molecule is CC(C)(C)OC(=O)NC(CCCc1ccc(F)cc1)C(=O)O. The Hall–Kier alpha value is -2.11. The number of rotatable bonds is 6. The summed E-state index contributed by atoms with van der Waals surface area (Å²) in [4.78, 5) is 22.8. The fourth-order valence-electron chi connectivity index (χ4n) is 1.87. The van der Waals surface area contributed by atoms with E-state index in [9.17, 15) is 14.0 Å². The Morgan fingerprint density at radius 1 is 1.27 bits per heavy atom. The summed E-state index contributed by atoms with van der Waals surface area (Å²) in [5.74, 6) is -1.41. The summed E-state index contributed by atoms with van der Waals surface area (Å²) < 4.78 is 17.8. The molecule has 0 heterocycles. The first kappa shape index (κ1) is 17.9. The first-order valence-corrected chi connectivity index (χ1v) is 7.14. The number of carboxylic acids is 1. The zero-order valence-electron chi connectivity index (χ0n) is 13.1. The van der Waals surface area contributed by atoms with Gasteiger partial charge in [0.1, 0.15) is 17.5 Å². The van der Waals surface area contributed by atoms with Crippen LogP contribution in [0.4, 0.5) is 9.18 Å². The molecule has 1 unspecified atom stereocenters. The molecule has 1 rings (SSSR count). The van der Waals surface area contributed by atoms with Crippen molar-refractivity contribution in [2.24, 2.45) is 0 Å². The molecule has 2 N–H and O–H groups in total. The lowest BCUT2D eigenvalue weighted by Gasteiger charge is -2.22. The highest BCUT2D eigenvalue weighted by atomic mass is 19.1. The van der Waals surface area contributed by atoms with E-state index in [1.165, 1.54) is 12.1 Å². The van der Waals surface area contributed by atoms with Crippen LogP contribution in [0, 0.1) is 5.82 Å². The molecule has 0 fully saturated rings. The minimum Gasteiger partial charge on any atom is -0.480 e. The summed E-state index contributed by atoms with van der Waals surface area (Å²) in [5, 5.41) is 11.5. The maximum atomic E-state index is 12.8. The number of halogens is 1. The summed E-state index contributed by atoms with van der Waals surface area (Å²) in [6.07, 6.45) is 0.686. The van der Waals surface area contributed by atoms with Gasteiger partial charge in [-0.15, -0.1) is 0 Å². The zero-order valence-corrected chi connectivity index (χ0v) is 13.1. The van der Waals surface area contributed by atoms with Crippen molar-refractivity contribution in [3.63, 3.8) is 0 Å². The molecule has 1 aromatic carbocycles. The zero-order chi connectivity index (χ0) is 16.8. The molecular formula is C16H22FNO4. The van der Waals surface area contributed by atoms with Crippen LogP contribution in [0.15, 0.2) is 24.3 Å². The van der Waals surface area contributed by atoms with Gasteiger partial charge in [-0.25, -0.2) is 14.0 Å². The Morgan fingerprint density at radius 2 is 1.86 bits per heavy atom. The number of ether oxygens (including phenoxy) is 1. The lowest BCUT2D eigenvalue weighted by molar-refractivity contribution is -0.139. The number of carbonyl (C=O) groups excluding carboxylic acids is 1. The molecule has 1 aromatic rings. The Labute approximate surface area is 129 Å². The lowest BCUT2D eigenvalue weighted by Crippen LogP contribution is -2.43. The van der Waals surface area contributed by atoms with Crippen molar-refractivity contribution in [2.75, 3.05) is 0 Å². The van der Waals surface area contributed by atoms with Crippen molar-refractivity contribution in [3.8, 4) is 0 Å². The Morgan fingerprint density at radius 3 is 2.36 bits per heavy atom. The quantitative estimate of drug-likeness (QED) is 0.846. The number of carboxylic acid groups (broad SMARTS) is 1. The molecule has 122 valence electrons. The molecule has 0 aromatic heterocycles. The number of alkyl carbamates (subject to hydrolysis) is 1. The average Bonchev–Trinajstić information content (AvgIpc) is 2.37. The largest absolute Gasteiger partial charge is 0.480 e. The third-order valence-electron chi connectivity index (χ3n) is 2.86. The molecule has 5 nitrogen and oxygen atoms in total. The van der Waals surface area contributed by atoms with E-state index in [2.05, 4.69) is 5.32 Å². The predicted molar refractivity (Wildman–Crippen MR) is 80.1 cm³/mol. The van der Waals surface area contributed by atoms with Crippen molar-refractivity contribution in [1.29, 1.82) is 0 Å². The van der Waals surface area contributed by atoms with Gasteiger partial charge in [0, 0.05) is 0 Å². The topological polar surface area (TPSA) is 75.6 Å². The summed E-state index contributed by atoms with van der Waals surface area (Å²) in [7, 11) is 0. The van der Waals surface area contributed by atoms with E-state index < -0.39 is 23.7 Å². The van der Waals surface area contributed by atoms with Gasteiger partial charge in [-0.05, 0) is 57.7 Å². The van der Waals surface area contributed by atoms with Crippen LogP contribution in [0.1, 0.15) is 39.2 Å². The summed E-state index contributed by atoms with van der Waals surface area (Å²) in [5.41, 5.74) is 0.240. The second-order valence-electron chi connectivity index (χ2n) is 6.06. The van der Waals surface area contributed by atoms with E-state index in [1.807, 2.05) is 0 Å². The van der Waals surface area contributed by atoms with Crippen LogP contribution in [-0.2, 0) is 16.0 Å². The van der Waals surface area contributed by atoms with Crippen molar-refractivity contribution in [3.05, 3.63) is 35.6 Å². The minimum atomic E-state index is -1.11. The van der Waals surface area contributed by atoms with Crippen molar-refractivity contribution < 1.29 is 23.8 Å². The highest BCUT2D eigenvalue weighted by Gasteiger charge is 2.23. The lowest BCUT2D eigenvalue weighted by atomic mass is 10.0. The fraction of sp³-hybridized carbons (Fsp3) is 0.500. The third kappa shape index (κ3) is 7.06. The summed E-state index contributed by atoms with van der Waals surface area (Å²) >= 11 is 0. The van der Waals surface area contributed by atoms with Gasteiger partial charge in [-0.3, -0.25) is 0 Å². The van der Waals surface area contributed by atoms with Gasteiger partial charge in [-0.1, -0.05) is 12.1 Å². The van der Waals surface area contributed by atoms with Crippen LogP contribution >= 0.6 is 0 Å². The molecule has 0 aliphatic carbocycles. The molecule has 0 aliphatic rings. The maximum absolute atomic E-state index is 12.8. The summed E-state index contributed by atoms with van der Waals surface area (Å²) in [6, 6.07) is 5.04. The molecule has 0 bridgehead atoms. The molecular weight excluding hydrogens is 289 g/mol. The Kier molecular flexibility index (Phi) is 6.34. The van der Waals surface area contributed by atoms with E-state index in [-0.39, 0.29) is 12.2 Å². The summed E-state index contributed by atoms with van der Waals surface area (Å²) in [6.45, 7) is 5.12. The van der Waals surface area contributed by atoms with Gasteiger partial charge >= 0.3 is 12.1 Å². The smallest absolute Gasteiger partial charge is 0.408 e. The number of hydrogen-bond acceptors (Lipinski definition) is 3. The van der Waals surface area contributed by atoms with Gasteiger partial charge in [0.2, 0.25) is 0 Å². The van der Waals surface area contributed by atoms with Gasteiger partial charge < -0.3 is 15.2 Å². The van der Waals surface area contributed by atoms with Gasteiger partial charge in [0.15, 0.2) is 0 Å². The second-order valence-corrected chi connectivity index (χ2v) is 6.06.